The minimum atomic E-state index is -0.0122. The summed E-state index contributed by atoms with van der Waals surface area (Å²) in [6.45, 7) is 4.96. The lowest BCUT2D eigenvalue weighted by Crippen LogP contribution is -2.51. The van der Waals surface area contributed by atoms with Crippen molar-refractivity contribution in [1.29, 1.82) is 0 Å². The van der Waals surface area contributed by atoms with E-state index in [-0.39, 0.29) is 11.8 Å². The Morgan fingerprint density at radius 1 is 0.889 bits per heavy atom. The van der Waals surface area contributed by atoms with E-state index in [9.17, 15) is 9.59 Å². The van der Waals surface area contributed by atoms with Gasteiger partial charge in [-0.3, -0.25) is 19.1 Å². The summed E-state index contributed by atoms with van der Waals surface area (Å²) in [5, 5.41) is 0. The number of nitrogens with zero attached hydrogens (tertiary/aromatic N) is 5. The summed E-state index contributed by atoms with van der Waals surface area (Å²) in [4.78, 5) is 35.4. The van der Waals surface area contributed by atoms with Crippen molar-refractivity contribution < 1.29 is 9.59 Å². The van der Waals surface area contributed by atoms with E-state index >= 15 is 0 Å². The van der Waals surface area contributed by atoms with Crippen LogP contribution < -0.4 is 0 Å². The third kappa shape index (κ3) is 3.88. The highest BCUT2D eigenvalue weighted by Gasteiger charge is 2.27. The van der Waals surface area contributed by atoms with Gasteiger partial charge in [0.15, 0.2) is 0 Å². The van der Waals surface area contributed by atoms with Gasteiger partial charge in [-0.2, -0.15) is 0 Å². The number of piperazine rings is 1. The second-order valence-electron chi connectivity index (χ2n) is 7.14. The molecule has 3 heterocycles. The molecule has 2 aromatic rings. The highest BCUT2D eigenvalue weighted by atomic mass is 16.2. The number of rotatable bonds is 4. The molecule has 0 saturated carbocycles. The lowest BCUT2D eigenvalue weighted by atomic mass is 10.2. The molecule has 2 aliphatic rings. The molecule has 2 fully saturated rings. The number of carbonyl (C=O) groups excluding carboxylic acids is 2. The minimum Gasteiger partial charge on any atom is -0.342 e. The molecule has 7 nitrogen and oxygen atoms in total. The fraction of sp³-hybridized carbons (Fsp3) is 0.450. The zero-order valence-electron chi connectivity index (χ0n) is 15.5. The van der Waals surface area contributed by atoms with Crippen LogP contribution in [0, 0.1) is 0 Å². The van der Waals surface area contributed by atoms with Gasteiger partial charge in [-0.25, -0.2) is 4.98 Å². The second kappa shape index (κ2) is 7.92. The maximum absolute atomic E-state index is 13.0. The number of benzene rings is 1. The van der Waals surface area contributed by atoms with Crippen LogP contribution in [0.1, 0.15) is 23.3 Å². The molecule has 7 heteroatoms. The third-order valence-corrected chi connectivity index (χ3v) is 5.37. The Morgan fingerprint density at radius 3 is 2.30 bits per heavy atom. The first-order valence-corrected chi connectivity index (χ1v) is 9.59. The number of imidazole rings is 1. The van der Waals surface area contributed by atoms with E-state index in [0.717, 1.165) is 44.7 Å². The molecule has 0 N–H and O–H groups in total. The van der Waals surface area contributed by atoms with Gasteiger partial charge in [0, 0.05) is 45.0 Å². The Bertz CT molecular complexity index is 790. The molecule has 0 atom stereocenters. The van der Waals surface area contributed by atoms with Crippen LogP contribution in [0.5, 0.6) is 0 Å². The van der Waals surface area contributed by atoms with Gasteiger partial charge < -0.3 is 9.80 Å². The largest absolute Gasteiger partial charge is 0.342 e. The third-order valence-electron chi connectivity index (χ3n) is 5.37. The second-order valence-corrected chi connectivity index (χ2v) is 7.14. The van der Waals surface area contributed by atoms with Gasteiger partial charge in [0.2, 0.25) is 5.91 Å². The first-order chi connectivity index (χ1) is 13.2. The summed E-state index contributed by atoms with van der Waals surface area (Å²) in [7, 11) is 0. The number of aromatic nitrogens is 2. The molecule has 0 bridgehead atoms. The van der Waals surface area contributed by atoms with Crippen molar-refractivity contribution >= 4 is 11.8 Å². The van der Waals surface area contributed by atoms with Gasteiger partial charge >= 0.3 is 0 Å². The van der Waals surface area contributed by atoms with Crippen LogP contribution in [-0.2, 0) is 4.79 Å². The Morgan fingerprint density at radius 2 is 1.59 bits per heavy atom. The number of carbonyl (C=O) groups is 2. The van der Waals surface area contributed by atoms with E-state index in [1.165, 1.54) is 0 Å². The topological polar surface area (TPSA) is 61.7 Å². The molecule has 4 rings (SSSR count). The summed E-state index contributed by atoms with van der Waals surface area (Å²) in [5.74, 6) is 0.205. The van der Waals surface area contributed by atoms with Crippen LogP contribution in [-0.4, -0.2) is 81.9 Å². The number of hydrogen-bond donors (Lipinski definition) is 0. The molecular formula is C20H25N5O2. The van der Waals surface area contributed by atoms with Crippen LogP contribution in [0.2, 0.25) is 0 Å². The quantitative estimate of drug-likeness (QED) is 0.816. The molecule has 2 saturated heterocycles. The van der Waals surface area contributed by atoms with Crippen molar-refractivity contribution in [2.45, 2.75) is 12.8 Å². The Kier molecular flexibility index (Phi) is 5.20. The van der Waals surface area contributed by atoms with Gasteiger partial charge in [0.05, 0.1) is 19.1 Å². The Balaban J connectivity index is 1.35. The summed E-state index contributed by atoms with van der Waals surface area (Å²) in [6.07, 6.45) is 5.53. The van der Waals surface area contributed by atoms with E-state index in [2.05, 4.69) is 9.88 Å². The molecule has 0 radical (unpaired) electrons. The fourth-order valence-electron chi connectivity index (χ4n) is 3.78. The molecule has 2 aliphatic heterocycles. The lowest BCUT2D eigenvalue weighted by molar-refractivity contribution is -0.131. The molecular weight excluding hydrogens is 342 g/mol. The predicted octanol–water partition coefficient (Wildman–Crippen LogP) is 1.25. The molecule has 1 aromatic carbocycles. The first kappa shape index (κ1) is 17.7. The highest BCUT2D eigenvalue weighted by molar-refractivity contribution is 5.93. The van der Waals surface area contributed by atoms with Gasteiger partial charge in [0.25, 0.3) is 5.91 Å². The van der Waals surface area contributed by atoms with Crippen LogP contribution >= 0.6 is 0 Å². The number of hydrogen-bond acceptors (Lipinski definition) is 4. The standard InChI is InChI=1S/C20H25N5O2/c26-19(23-8-4-5-9-23)15-22-10-12-24(13-11-22)20(27)18-14-21-16-25(18)17-6-2-1-3-7-17/h1-3,6-7,14,16H,4-5,8-13,15H2. The summed E-state index contributed by atoms with van der Waals surface area (Å²) in [6, 6.07) is 9.75. The van der Waals surface area contributed by atoms with Crippen LogP contribution in [0.4, 0.5) is 0 Å². The van der Waals surface area contributed by atoms with E-state index in [4.69, 9.17) is 0 Å². The maximum atomic E-state index is 13.0. The molecule has 1 aromatic heterocycles. The van der Waals surface area contributed by atoms with Crippen molar-refractivity contribution in [2.24, 2.45) is 0 Å². The minimum absolute atomic E-state index is 0.0122. The number of para-hydroxylation sites is 1. The summed E-state index contributed by atoms with van der Waals surface area (Å²) >= 11 is 0. The van der Waals surface area contributed by atoms with Crippen molar-refractivity contribution in [3.8, 4) is 5.69 Å². The normalized spacial score (nSPS) is 18.1. The molecule has 0 spiro atoms. The van der Waals surface area contributed by atoms with Gasteiger partial charge in [-0.05, 0) is 25.0 Å². The molecule has 0 aliphatic carbocycles. The highest BCUT2D eigenvalue weighted by Crippen LogP contribution is 2.15. The average Bonchev–Trinajstić information content (AvgIpc) is 3.41. The van der Waals surface area contributed by atoms with Gasteiger partial charge in [-0.15, -0.1) is 0 Å². The van der Waals surface area contributed by atoms with E-state index in [1.807, 2.05) is 44.7 Å². The van der Waals surface area contributed by atoms with Crippen molar-refractivity contribution in [3.05, 3.63) is 48.5 Å². The monoisotopic (exact) mass is 367 g/mol. The van der Waals surface area contributed by atoms with Gasteiger partial charge in [-0.1, -0.05) is 18.2 Å². The first-order valence-electron chi connectivity index (χ1n) is 9.59. The average molecular weight is 367 g/mol. The zero-order valence-corrected chi connectivity index (χ0v) is 15.5. The van der Waals surface area contributed by atoms with E-state index < -0.39 is 0 Å². The molecule has 2 amide bonds. The predicted molar refractivity (Wildman–Crippen MR) is 102 cm³/mol. The summed E-state index contributed by atoms with van der Waals surface area (Å²) < 4.78 is 1.83. The van der Waals surface area contributed by atoms with Crippen LogP contribution in [0.3, 0.4) is 0 Å². The molecule has 142 valence electrons. The maximum Gasteiger partial charge on any atom is 0.272 e. The van der Waals surface area contributed by atoms with E-state index in [0.29, 0.717) is 25.3 Å². The van der Waals surface area contributed by atoms with Crippen LogP contribution in [0.15, 0.2) is 42.9 Å². The molecule has 0 unspecified atom stereocenters. The smallest absolute Gasteiger partial charge is 0.272 e. The van der Waals surface area contributed by atoms with Gasteiger partial charge in [0.1, 0.15) is 5.69 Å². The van der Waals surface area contributed by atoms with E-state index in [1.54, 1.807) is 12.5 Å². The SMILES string of the molecule is O=C(CN1CCN(C(=O)c2cncn2-c2ccccc2)CC1)N1CCCC1. The van der Waals surface area contributed by atoms with Crippen molar-refractivity contribution in [1.82, 2.24) is 24.3 Å². The Hall–Kier alpha value is -2.67. The number of likely N-dealkylation sites (tertiary alicyclic amines) is 1. The lowest BCUT2D eigenvalue weighted by Gasteiger charge is -2.35. The van der Waals surface area contributed by atoms with Crippen molar-refractivity contribution in [2.75, 3.05) is 45.8 Å². The molecule has 27 heavy (non-hydrogen) atoms. The Labute approximate surface area is 159 Å². The van der Waals surface area contributed by atoms with Crippen LogP contribution in [0.25, 0.3) is 5.69 Å². The number of amides is 2. The fourth-order valence-corrected chi connectivity index (χ4v) is 3.78. The van der Waals surface area contributed by atoms with Crippen molar-refractivity contribution in [3.63, 3.8) is 0 Å². The summed E-state index contributed by atoms with van der Waals surface area (Å²) in [5.41, 5.74) is 1.50. The zero-order chi connectivity index (χ0) is 18.6.